The number of rotatable bonds is 1. The van der Waals surface area contributed by atoms with Gasteiger partial charge in [-0.2, -0.15) is 0 Å². The molecule has 1 radical (unpaired) electrons. The second-order valence-corrected chi connectivity index (χ2v) is 4.42. The Morgan fingerprint density at radius 3 is 2.87 bits per heavy atom. The molecule has 0 atom stereocenters. The van der Waals surface area contributed by atoms with E-state index < -0.39 is 0 Å². The number of benzene rings is 2. The van der Waals surface area contributed by atoms with Crippen LogP contribution >= 0.6 is 11.8 Å². The summed E-state index contributed by atoms with van der Waals surface area (Å²) in [5.41, 5.74) is 2.53. The van der Waals surface area contributed by atoms with E-state index in [0.29, 0.717) is 0 Å². The molecule has 1 nitrogen and oxygen atoms in total. The second kappa shape index (κ2) is 3.63. The highest BCUT2D eigenvalue weighted by molar-refractivity contribution is 7.99. The van der Waals surface area contributed by atoms with Gasteiger partial charge in [0.05, 0.1) is 11.6 Å². The summed E-state index contributed by atoms with van der Waals surface area (Å²) >= 11 is 1.88. The monoisotopic (exact) mass is 212 g/mol. The van der Waals surface area contributed by atoms with E-state index in [-0.39, 0.29) is 0 Å². The first-order chi connectivity index (χ1) is 7.45. The van der Waals surface area contributed by atoms with Crippen LogP contribution in [0.5, 0.6) is 0 Å². The van der Waals surface area contributed by atoms with Gasteiger partial charge < -0.3 is 4.90 Å². The smallest absolute Gasteiger partial charge is 0.0735 e. The lowest BCUT2D eigenvalue weighted by Crippen LogP contribution is -2.10. The fourth-order valence-corrected chi connectivity index (χ4v) is 2.80. The molecule has 3 rings (SSSR count). The summed E-state index contributed by atoms with van der Waals surface area (Å²) in [7, 11) is 0. The van der Waals surface area contributed by atoms with E-state index in [9.17, 15) is 0 Å². The van der Waals surface area contributed by atoms with Crippen LogP contribution in [-0.4, -0.2) is 5.88 Å². The molecule has 15 heavy (non-hydrogen) atoms. The first-order valence-corrected chi connectivity index (χ1v) is 5.89. The number of para-hydroxylation sites is 1. The Labute approximate surface area is 93.7 Å². The van der Waals surface area contributed by atoms with Gasteiger partial charge in [-0.05, 0) is 30.3 Å². The molecular formula is C13H10NS. The summed E-state index contributed by atoms with van der Waals surface area (Å²) in [6.07, 6.45) is 0. The molecule has 1 heterocycles. The largest absolute Gasteiger partial charge is 0.330 e. The van der Waals surface area contributed by atoms with E-state index in [2.05, 4.69) is 47.4 Å². The molecule has 0 fully saturated rings. The van der Waals surface area contributed by atoms with E-state index in [1.807, 2.05) is 23.9 Å². The molecule has 1 aliphatic rings. The van der Waals surface area contributed by atoms with Crippen LogP contribution < -0.4 is 4.90 Å². The van der Waals surface area contributed by atoms with Crippen LogP contribution in [0.15, 0.2) is 53.4 Å². The molecule has 73 valence electrons. The van der Waals surface area contributed by atoms with Crippen LogP contribution in [-0.2, 0) is 0 Å². The zero-order valence-corrected chi connectivity index (χ0v) is 9.00. The quantitative estimate of drug-likeness (QED) is 0.709. The van der Waals surface area contributed by atoms with Crippen LogP contribution in [0.4, 0.5) is 11.4 Å². The van der Waals surface area contributed by atoms with E-state index in [1.54, 1.807) is 0 Å². The van der Waals surface area contributed by atoms with Crippen molar-refractivity contribution < 1.29 is 0 Å². The average Bonchev–Trinajstić information content (AvgIpc) is 2.74. The Morgan fingerprint density at radius 1 is 1.13 bits per heavy atom. The lowest BCUT2D eigenvalue weighted by atomic mass is 10.2. The van der Waals surface area contributed by atoms with E-state index >= 15 is 0 Å². The predicted molar refractivity (Wildman–Crippen MR) is 64.6 cm³/mol. The van der Waals surface area contributed by atoms with Gasteiger partial charge in [0, 0.05) is 10.6 Å². The summed E-state index contributed by atoms with van der Waals surface area (Å²) in [4.78, 5) is 3.66. The molecule has 0 N–H and O–H groups in total. The molecule has 0 saturated carbocycles. The number of anilines is 2. The van der Waals surface area contributed by atoms with Gasteiger partial charge in [-0.25, -0.2) is 0 Å². The van der Waals surface area contributed by atoms with Crippen LogP contribution in [0.1, 0.15) is 0 Å². The van der Waals surface area contributed by atoms with E-state index in [0.717, 1.165) is 5.88 Å². The average molecular weight is 212 g/mol. The van der Waals surface area contributed by atoms with Crippen molar-refractivity contribution in [3.63, 3.8) is 0 Å². The standard InChI is InChI=1S/C13H10NS/c1-2-6-11(7-3-1)14-10-15-13-9-5-4-8-12(13)14/h1-3,5-9H,10H2. The van der Waals surface area contributed by atoms with Gasteiger partial charge in [0.15, 0.2) is 0 Å². The summed E-state index contributed by atoms with van der Waals surface area (Å²) in [6.45, 7) is 0. The maximum atomic E-state index is 3.14. The molecule has 2 heteroatoms. The van der Waals surface area contributed by atoms with Gasteiger partial charge in [0.2, 0.25) is 0 Å². The van der Waals surface area contributed by atoms with Crippen molar-refractivity contribution in [1.29, 1.82) is 0 Å². The van der Waals surface area contributed by atoms with Gasteiger partial charge in [0.1, 0.15) is 0 Å². The van der Waals surface area contributed by atoms with Gasteiger partial charge in [-0.3, -0.25) is 0 Å². The Bertz CT molecular complexity index is 467. The normalized spacial score (nSPS) is 14.0. The van der Waals surface area contributed by atoms with Gasteiger partial charge in [0.25, 0.3) is 0 Å². The number of nitrogens with zero attached hydrogens (tertiary/aromatic N) is 1. The number of hydrogen-bond donors (Lipinski definition) is 0. The minimum absolute atomic E-state index is 0.997. The molecule has 2 aromatic rings. The first kappa shape index (κ1) is 8.86. The SMILES string of the molecule is [c]1ccc2c(c1)N(c1ccccc1)CS2. The van der Waals surface area contributed by atoms with Crippen molar-refractivity contribution in [1.82, 2.24) is 0 Å². The molecule has 2 aromatic carbocycles. The molecule has 0 spiro atoms. The van der Waals surface area contributed by atoms with E-state index in [4.69, 9.17) is 0 Å². The summed E-state index contributed by atoms with van der Waals surface area (Å²) < 4.78 is 0. The van der Waals surface area contributed by atoms with Gasteiger partial charge in [-0.1, -0.05) is 24.3 Å². The van der Waals surface area contributed by atoms with Crippen LogP contribution in [0.25, 0.3) is 0 Å². The third kappa shape index (κ3) is 1.51. The van der Waals surface area contributed by atoms with E-state index in [1.165, 1.54) is 16.3 Å². The fraction of sp³-hybridized carbons (Fsp3) is 0.0769. The van der Waals surface area contributed by atoms with Crippen molar-refractivity contribution in [2.75, 3.05) is 10.8 Å². The zero-order valence-electron chi connectivity index (χ0n) is 8.18. The highest BCUT2D eigenvalue weighted by Gasteiger charge is 2.19. The molecule has 0 unspecified atom stereocenters. The van der Waals surface area contributed by atoms with Crippen molar-refractivity contribution in [3.8, 4) is 0 Å². The van der Waals surface area contributed by atoms with Crippen LogP contribution in [0.2, 0.25) is 0 Å². The zero-order chi connectivity index (χ0) is 10.1. The molecule has 1 aliphatic heterocycles. The molecule has 0 aliphatic carbocycles. The Kier molecular flexibility index (Phi) is 2.14. The second-order valence-electron chi connectivity index (χ2n) is 3.43. The van der Waals surface area contributed by atoms with Crippen molar-refractivity contribution in [2.24, 2.45) is 0 Å². The molecule has 0 saturated heterocycles. The highest BCUT2D eigenvalue weighted by atomic mass is 32.2. The van der Waals surface area contributed by atoms with Crippen molar-refractivity contribution >= 4 is 23.1 Å². The maximum absolute atomic E-state index is 3.14. The van der Waals surface area contributed by atoms with Crippen molar-refractivity contribution in [2.45, 2.75) is 4.90 Å². The number of fused-ring (bicyclic) bond motifs is 1. The van der Waals surface area contributed by atoms with Crippen LogP contribution in [0, 0.1) is 6.07 Å². The van der Waals surface area contributed by atoms with Gasteiger partial charge in [-0.15, -0.1) is 11.8 Å². The highest BCUT2D eigenvalue weighted by Crippen LogP contribution is 2.41. The Hall–Kier alpha value is -1.41. The first-order valence-electron chi connectivity index (χ1n) is 4.90. The molecule has 0 amide bonds. The minimum Gasteiger partial charge on any atom is -0.330 e. The lowest BCUT2D eigenvalue weighted by Gasteiger charge is -2.17. The van der Waals surface area contributed by atoms with Crippen molar-refractivity contribution in [3.05, 3.63) is 54.6 Å². The predicted octanol–water partition coefficient (Wildman–Crippen LogP) is 3.69. The molecule has 0 aromatic heterocycles. The third-order valence-corrected chi connectivity index (χ3v) is 3.55. The summed E-state index contributed by atoms with van der Waals surface area (Å²) in [6, 6.07) is 19.8. The molecular weight excluding hydrogens is 202 g/mol. The third-order valence-electron chi connectivity index (χ3n) is 2.51. The fourth-order valence-electron chi connectivity index (χ4n) is 1.77. The maximum Gasteiger partial charge on any atom is 0.0735 e. The lowest BCUT2D eigenvalue weighted by molar-refractivity contribution is 1.18. The number of hydrogen-bond acceptors (Lipinski definition) is 2. The minimum atomic E-state index is 0.997. The summed E-state index contributed by atoms with van der Waals surface area (Å²) in [5, 5.41) is 0. The topological polar surface area (TPSA) is 3.24 Å². The van der Waals surface area contributed by atoms with Gasteiger partial charge >= 0.3 is 0 Å². The Morgan fingerprint density at radius 2 is 2.00 bits per heavy atom. The summed E-state index contributed by atoms with van der Waals surface area (Å²) in [5.74, 6) is 0.997. The van der Waals surface area contributed by atoms with Crippen LogP contribution in [0.3, 0.4) is 0 Å². The Balaban J connectivity index is 2.05. The number of thioether (sulfide) groups is 1. The molecule has 0 bridgehead atoms.